The molecule has 0 bridgehead atoms. The fourth-order valence-corrected chi connectivity index (χ4v) is 3.74. The van der Waals surface area contributed by atoms with Gasteiger partial charge < -0.3 is 9.43 Å². The molecule has 0 aliphatic rings. The van der Waals surface area contributed by atoms with E-state index < -0.39 is 8.32 Å². The van der Waals surface area contributed by atoms with E-state index in [-0.39, 0.29) is 11.1 Å². The summed E-state index contributed by atoms with van der Waals surface area (Å²) in [6.45, 7) is 6.28. The van der Waals surface area contributed by atoms with E-state index in [1.165, 1.54) is 4.90 Å². The number of carbonyl (C=O) groups is 1. The van der Waals surface area contributed by atoms with E-state index in [1.54, 1.807) is 14.1 Å². The molecule has 16 heavy (non-hydrogen) atoms. The van der Waals surface area contributed by atoms with Crippen molar-refractivity contribution >= 4 is 31.0 Å². The number of hydrogen-bond acceptors (Lipinski definition) is 3. The van der Waals surface area contributed by atoms with Gasteiger partial charge in [-0.3, -0.25) is 4.79 Å². The molecule has 0 aromatic carbocycles. The zero-order chi connectivity index (χ0) is 12.8. The van der Waals surface area contributed by atoms with Gasteiger partial charge in [0, 0.05) is 14.1 Å². The van der Waals surface area contributed by atoms with Gasteiger partial charge in [-0.2, -0.15) is 0 Å². The van der Waals surface area contributed by atoms with Crippen molar-refractivity contribution in [2.24, 2.45) is 5.16 Å². The van der Waals surface area contributed by atoms with E-state index >= 15 is 0 Å². The zero-order valence-corrected chi connectivity index (χ0v) is 12.5. The van der Waals surface area contributed by atoms with Gasteiger partial charge in [0.2, 0.25) is 5.17 Å². The van der Waals surface area contributed by atoms with Gasteiger partial charge in [0.05, 0.1) is 0 Å². The maximum absolute atomic E-state index is 11.4. The molecule has 0 atom stereocenters. The molecule has 0 heterocycles. The Kier molecular flexibility index (Phi) is 6.67. The lowest BCUT2D eigenvalue weighted by Crippen LogP contribution is -2.35. The molecule has 0 unspecified atom stereocenters. The standard InChI is InChI=1S/C10H21ClN2O2Si/c1-6-16(7-2,8-3)15-12-9(11)10(14)13(4)5/h6-8H2,1-5H3/b12-9-. The van der Waals surface area contributed by atoms with Crippen LogP contribution in [0.5, 0.6) is 0 Å². The smallest absolute Gasteiger partial charge is 0.287 e. The summed E-state index contributed by atoms with van der Waals surface area (Å²) in [6, 6.07) is 2.93. The fourth-order valence-electron chi connectivity index (χ4n) is 1.30. The summed E-state index contributed by atoms with van der Waals surface area (Å²) in [5, 5.41) is 3.68. The molecule has 0 aliphatic heterocycles. The molecule has 0 aliphatic carbocycles. The lowest BCUT2D eigenvalue weighted by atomic mass is 10.6. The molecule has 0 aromatic rings. The summed E-state index contributed by atoms with van der Waals surface area (Å²) in [5.41, 5.74) is 0. The third-order valence-electron chi connectivity index (χ3n) is 2.84. The predicted octanol–water partition coefficient (Wildman–Crippen LogP) is 2.65. The van der Waals surface area contributed by atoms with Gasteiger partial charge in [-0.1, -0.05) is 37.5 Å². The number of rotatable bonds is 6. The Morgan fingerprint density at radius 1 is 1.25 bits per heavy atom. The Morgan fingerprint density at radius 2 is 1.69 bits per heavy atom. The Morgan fingerprint density at radius 3 is 2.00 bits per heavy atom. The van der Waals surface area contributed by atoms with E-state index in [9.17, 15) is 4.79 Å². The van der Waals surface area contributed by atoms with Crippen LogP contribution in [0, 0.1) is 0 Å². The quantitative estimate of drug-likeness (QED) is 0.420. The second-order valence-corrected chi connectivity index (χ2v) is 8.94. The summed E-state index contributed by atoms with van der Waals surface area (Å²) in [5.74, 6) is -0.326. The van der Waals surface area contributed by atoms with E-state index in [0.717, 1.165) is 18.1 Å². The number of hydrogen-bond donors (Lipinski definition) is 0. The molecular weight excluding hydrogens is 244 g/mol. The van der Waals surface area contributed by atoms with Gasteiger partial charge in [-0.05, 0) is 18.1 Å². The molecule has 0 spiro atoms. The van der Waals surface area contributed by atoms with Gasteiger partial charge in [-0.15, -0.1) is 0 Å². The number of nitrogens with zero attached hydrogens (tertiary/aromatic N) is 2. The number of halogens is 1. The fraction of sp³-hybridized carbons (Fsp3) is 0.800. The second kappa shape index (κ2) is 6.91. The lowest BCUT2D eigenvalue weighted by molar-refractivity contribution is -0.121. The maximum atomic E-state index is 11.4. The lowest BCUT2D eigenvalue weighted by Gasteiger charge is -2.24. The van der Waals surface area contributed by atoms with Crippen LogP contribution >= 0.6 is 11.6 Å². The van der Waals surface area contributed by atoms with Crippen molar-refractivity contribution in [2.45, 2.75) is 38.9 Å². The monoisotopic (exact) mass is 264 g/mol. The van der Waals surface area contributed by atoms with Crippen LogP contribution in [0.4, 0.5) is 0 Å². The van der Waals surface area contributed by atoms with Gasteiger partial charge in [-0.25, -0.2) is 0 Å². The molecule has 94 valence electrons. The number of oxime groups is 1. The van der Waals surface area contributed by atoms with Crippen molar-refractivity contribution in [1.29, 1.82) is 0 Å². The summed E-state index contributed by atoms with van der Waals surface area (Å²) in [7, 11) is 1.46. The average Bonchev–Trinajstić information content (AvgIpc) is 2.30. The highest BCUT2D eigenvalue weighted by atomic mass is 35.5. The first-order valence-electron chi connectivity index (χ1n) is 5.55. The number of carbonyl (C=O) groups excluding carboxylic acids is 1. The van der Waals surface area contributed by atoms with Crippen molar-refractivity contribution in [2.75, 3.05) is 14.1 Å². The highest BCUT2D eigenvalue weighted by molar-refractivity contribution is 6.83. The van der Waals surface area contributed by atoms with Crippen molar-refractivity contribution in [3.05, 3.63) is 0 Å². The summed E-state index contributed by atoms with van der Waals surface area (Å²) >= 11 is 5.76. The maximum Gasteiger partial charge on any atom is 0.287 e. The Balaban J connectivity index is 4.61. The van der Waals surface area contributed by atoms with Crippen molar-refractivity contribution in [3.8, 4) is 0 Å². The largest absolute Gasteiger partial charge is 0.453 e. The SMILES string of the molecule is CC[Si](CC)(CC)O/N=C(\Cl)C(=O)N(C)C. The van der Waals surface area contributed by atoms with Crippen molar-refractivity contribution in [3.63, 3.8) is 0 Å². The first-order chi connectivity index (χ1) is 7.42. The van der Waals surface area contributed by atoms with Crippen LogP contribution in [0.15, 0.2) is 5.16 Å². The summed E-state index contributed by atoms with van der Waals surface area (Å²) in [6.07, 6.45) is 0. The summed E-state index contributed by atoms with van der Waals surface area (Å²) < 4.78 is 5.56. The van der Waals surface area contributed by atoms with Crippen LogP contribution in [0.3, 0.4) is 0 Å². The van der Waals surface area contributed by atoms with E-state index in [4.69, 9.17) is 16.1 Å². The average molecular weight is 265 g/mol. The first-order valence-corrected chi connectivity index (χ1v) is 8.46. The first kappa shape index (κ1) is 15.4. The van der Waals surface area contributed by atoms with Crippen LogP contribution in [0.25, 0.3) is 0 Å². The van der Waals surface area contributed by atoms with Crippen LogP contribution in [0.2, 0.25) is 18.1 Å². The molecule has 0 radical (unpaired) electrons. The number of amides is 1. The molecule has 0 rings (SSSR count). The topological polar surface area (TPSA) is 41.9 Å². The second-order valence-electron chi connectivity index (χ2n) is 3.92. The van der Waals surface area contributed by atoms with Crippen LogP contribution < -0.4 is 0 Å². The van der Waals surface area contributed by atoms with Crippen LogP contribution in [-0.2, 0) is 9.32 Å². The van der Waals surface area contributed by atoms with Crippen molar-refractivity contribution in [1.82, 2.24) is 4.90 Å². The van der Waals surface area contributed by atoms with E-state index in [0.29, 0.717) is 0 Å². The summed E-state index contributed by atoms with van der Waals surface area (Å²) in [4.78, 5) is 12.8. The normalized spacial score (nSPS) is 12.5. The van der Waals surface area contributed by atoms with Gasteiger partial charge in [0.1, 0.15) is 0 Å². The Hall–Kier alpha value is -0.553. The highest BCUT2D eigenvalue weighted by Gasteiger charge is 2.31. The van der Waals surface area contributed by atoms with Crippen LogP contribution in [-0.4, -0.2) is 38.4 Å². The molecule has 4 nitrogen and oxygen atoms in total. The molecule has 1 amide bonds. The molecule has 0 saturated heterocycles. The van der Waals surface area contributed by atoms with E-state index in [1.807, 2.05) is 0 Å². The molecule has 6 heteroatoms. The highest BCUT2D eigenvalue weighted by Crippen LogP contribution is 2.22. The van der Waals surface area contributed by atoms with Gasteiger partial charge in [0.25, 0.3) is 14.2 Å². The predicted molar refractivity (Wildman–Crippen MR) is 70.3 cm³/mol. The van der Waals surface area contributed by atoms with Gasteiger partial charge >= 0.3 is 0 Å². The molecule has 0 aromatic heterocycles. The van der Waals surface area contributed by atoms with Gasteiger partial charge in [0.15, 0.2) is 0 Å². The minimum atomic E-state index is -1.80. The zero-order valence-electron chi connectivity index (χ0n) is 10.7. The van der Waals surface area contributed by atoms with Crippen molar-refractivity contribution < 1.29 is 9.32 Å². The van der Waals surface area contributed by atoms with Crippen LogP contribution in [0.1, 0.15) is 20.8 Å². The molecule has 0 N–H and O–H groups in total. The minimum absolute atomic E-state index is 0.0998. The molecular formula is C10H21ClN2O2Si. The Bertz CT molecular complexity index is 257. The molecule has 0 fully saturated rings. The van der Waals surface area contributed by atoms with E-state index in [2.05, 4.69) is 25.9 Å². The molecule has 0 saturated carbocycles. The Labute approximate surface area is 104 Å². The third kappa shape index (κ3) is 4.13. The third-order valence-corrected chi connectivity index (χ3v) is 7.41. The minimum Gasteiger partial charge on any atom is -0.453 e.